The Morgan fingerprint density at radius 1 is 1.50 bits per heavy atom. The highest BCUT2D eigenvalue weighted by Gasteiger charge is 2.16. The average Bonchev–Trinajstić information content (AvgIpc) is 2.29. The number of hydrogen-bond donors (Lipinski definition) is 2. The van der Waals surface area contributed by atoms with Crippen LogP contribution in [-0.2, 0) is 11.2 Å². The number of amides is 1. The molecule has 1 unspecified atom stereocenters. The summed E-state index contributed by atoms with van der Waals surface area (Å²) in [7, 11) is 0. The van der Waals surface area contributed by atoms with Crippen molar-refractivity contribution in [2.75, 3.05) is 6.54 Å². The van der Waals surface area contributed by atoms with Gasteiger partial charge in [-0.3, -0.25) is 9.78 Å². The van der Waals surface area contributed by atoms with Crippen LogP contribution in [0.4, 0.5) is 0 Å². The first-order valence-corrected chi connectivity index (χ1v) is 5.98. The van der Waals surface area contributed by atoms with Crippen molar-refractivity contribution in [2.24, 2.45) is 5.92 Å². The molecule has 0 aliphatic rings. The molecule has 0 saturated carbocycles. The molecule has 88 valence electrons. The molecule has 0 aliphatic carbocycles. The second-order valence-corrected chi connectivity index (χ2v) is 4.61. The topological polar surface area (TPSA) is 42.0 Å². The van der Waals surface area contributed by atoms with E-state index in [2.05, 4.69) is 22.9 Å². The highest BCUT2D eigenvalue weighted by Crippen LogP contribution is 2.08. The largest absolute Gasteiger partial charge is 0.355 e. The number of thiol groups is 1. The van der Waals surface area contributed by atoms with Gasteiger partial charge < -0.3 is 5.32 Å². The minimum absolute atomic E-state index is 0.00531. The molecule has 0 bridgehead atoms. The summed E-state index contributed by atoms with van der Waals surface area (Å²) in [6, 6.07) is 5.77. The predicted molar refractivity (Wildman–Crippen MR) is 68.6 cm³/mol. The van der Waals surface area contributed by atoms with Crippen LogP contribution in [0.1, 0.15) is 19.5 Å². The summed E-state index contributed by atoms with van der Waals surface area (Å²) in [4.78, 5) is 15.8. The molecule has 4 heteroatoms. The molecular weight excluding hydrogens is 220 g/mol. The molecule has 1 aromatic rings. The Bertz CT molecular complexity index is 327. The van der Waals surface area contributed by atoms with Gasteiger partial charge in [-0.25, -0.2) is 0 Å². The van der Waals surface area contributed by atoms with Crippen LogP contribution in [0.15, 0.2) is 24.4 Å². The second kappa shape index (κ2) is 6.53. The van der Waals surface area contributed by atoms with E-state index in [1.165, 1.54) is 0 Å². The minimum Gasteiger partial charge on any atom is -0.355 e. The van der Waals surface area contributed by atoms with E-state index in [0.29, 0.717) is 6.54 Å². The first kappa shape index (κ1) is 13.0. The van der Waals surface area contributed by atoms with Crippen molar-refractivity contribution in [1.29, 1.82) is 0 Å². The zero-order valence-electron chi connectivity index (χ0n) is 9.68. The van der Waals surface area contributed by atoms with Crippen LogP contribution in [0.2, 0.25) is 0 Å². The molecule has 16 heavy (non-hydrogen) atoms. The summed E-state index contributed by atoms with van der Waals surface area (Å²) >= 11 is 4.25. The smallest absolute Gasteiger partial charge is 0.233 e. The van der Waals surface area contributed by atoms with E-state index in [1.807, 2.05) is 32.0 Å². The summed E-state index contributed by atoms with van der Waals surface area (Å²) in [6.07, 6.45) is 2.51. The maximum Gasteiger partial charge on any atom is 0.233 e. The molecule has 0 saturated heterocycles. The SMILES string of the molecule is CC(C)C(S)C(=O)NCCc1ccccn1. The van der Waals surface area contributed by atoms with Gasteiger partial charge in [-0.05, 0) is 18.1 Å². The van der Waals surface area contributed by atoms with Crippen molar-refractivity contribution >= 4 is 18.5 Å². The molecule has 1 rings (SSSR count). The fourth-order valence-electron chi connectivity index (χ4n) is 1.27. The maximum absolute atomic E-state index is 11.6. The Kier molecular flexibility index (Phi) is 5.32. The van der Waals surface area contributed by atoms with Gasteiger partial charge in [-0.2, -0.15) is 12.6 Å². The number of nitrogens with one attached hydrogen (secondary N) is 1. The number of nitrogens with zero attached hydrogens (tertiary/aromatic N) is 1. The molecule has 1 heterocycles. The fourth-order valence-corrected chi connectivity index (χ4v) is 1.36. The normalized spacial score (nSPS) is 12.5. The third kappa shape index (κ3) is 4.23. The lowest BCUT2D eigenvalue weighted by Crippen LogP contribution is -2.35. The Morgan fingerprint density at radius 2 is 2.25 bits per heavy atom. The van der Waals surface area contributed by atoms with E-state index in [1.54, 1.807) is 6.20 Å². The van der Waals surface area contributed by atoms with Gasteiger partial charge in [0.1, 0.15) is 0 Å². The van der Waals surface area contributed by atoms with Crippen molar-refractivity contribution < 1.29 is 4.79 Å². The quantitative estimate of drug-likeness (QED) is 0.767. The van der Waals surface area contributed by atoms with Crippen molar-refractivity contribution in [3.63, 3.8) is 0 Å². The molecule has 0 fully saturated rings. The lowest BCUT2D eigenvalue weighted by molar-refractivity contribution is -0.121. The third-order valence-corrected chi connectivity index (χ3v) is 3.14. The minimum atomic E-state index is -0.233. The first-order valence-electron chi connectivity index (χ1n) is 5.47. The van der Waals surface area contributed by atoms with Crippen molar-refractivity contribution in [2.45, 2.75) is 25.5 Å². The van der Waals surface area contributed by atoms with E-state index in [4.69, 9.17) is 0 Å². The molecule has 0 aromatic carbocycles. The van der Waals surface area contributed by atoms with E-state index in [0.717, 1.165) is 12.1 Å². The van der Waals surface area contributed by atoms with Gasteiger partial charge in [0, 0.05) is 24.9 Å². The molecular formula is C12H18N2OS. The third-order valence-electron chi connectivity index (χ3n) is 2.31. The monoisotopic (exact) mass is 238 g/mol. The van der Waals surface area contributed by atoms with Crippen LogP contribution >= 0.6 is 12.6 Å². The standard InChI is InChI=1S/C12H18N2OS/c1-9(2)11(16)12(15)14-8-6-10-5-3-4-7-13-10/h3-5,7,9,11,16H,6,8H2,1-2H3,(H,14,15). The van der Waals surface area contributed by atoms with Crippen LogP contribution in [0.3, 0.4) is 0 Å². The molecule has 3 nitrogen and oxygen atoms in total. The molecule has 0 aliphatic heterocycles. The number of carbonyl (C=O) groups excluding carboxylic acids is 1. The van der Waals surface area contributed by atoms with Gasteiger partial charge in [0.05, 0.1) is 5.25 Å². The number of pyridine rings is 1. The van der Waals surface area contributed by atoms with Crippen molar-refractivity contribution in [3.05, 3.63) is 30.1 Å². The lowest BCUT2D eigenvalue weighted by atomic mass is 10.1. The van der Waals surface area contributed by atoms with Crippen LogP contribution in [0, 0.1) is 5.92 Å². The summed E-state index contributed by atoms with van der Waals surface area (Å²) in [5, 5.41) is 2.62. The molecule has 1 N–H and O–H groups in total. The molecule has 1 amide bonds. The number of rotatable bonds is 5. The Hall–Kier alpha value is -1.03. The van der Waals surface area contributed by atoms with Gasteiger partial charge in [0.15, 0.2) is 0 Å². The van der Waals surface area contributed by atoms with Crippen LogP contribution in [0.5, 0.6) is 0 Å². The summed E-state index contributed by atoms with van der Waals surface area (Å²) < 4.78 is 0. The van der Waals surface area contributed by atoms with E-state index >= 15 is 0 Å². The van der Waals surface area contributed by atoms with Gasteiger partial charge in [-0.15, -0.1) is 0 Å². The van der Waals surface area contributed by atoms with Crippen LogP contribution < -0.4 is 5.32 Å². The first-order chi connectivity index (χ1) is 7.61. The van der Waals surface area contributed by atoms with Gasteiger partial charge in [0.2, 0.25) is 5.91 Å². The Labute approximate surface area is 102 Å². The Balaban J connectivity index is 2.28. The zero-order chi connectivity index (χ0) is 12.0. The van der Waals surface area contributed by atoms with E-state index in [9.17, 15) is 4.79 Å². The molecule has 1 aromatic heterocycles. The number of carbonyl (C=O) groups is 1. The van der Waals surface area contributed by atoms with Crippen LogP contribution in [0.25, 0.3) is 0 Å². The highest BCUT2D eigenvalue weighted by molar-refractivity contribution is 7.81. The summed E-state index contributed by atoms with van der Waals surface area (Å²) in [5.41, 5.74) is 0.989. The van der Waals surface area contributed by atoms with Gasteiger partial charge in [0.25, 0.3) is 0 Å². The summed E-state index contributed by atoms with van der Waals surface area (Å²) in [6.45, 7) is 4.58. The fraction of sp³-hybridized carbons (Fsp3) is 0.500. The number of aromatic nitrogens is 1. The van der Waals surface area contributed by atoms with Crippen molar-refractivity contribution in [1.82, 2.24) is 10.3 Å². The van der Waals surface area contributed by atoms with E-state index < -0.39 is 0 Å². The summed E-state index contributed by atoms with van der Waals surface area (Å²) in [5.74, 6) is 0.243. The molecule has 0 radical (unpaired) electrons. The van der Waals surface area contributed by atoms with E-state index in [-0.39, 0.29) is 17.1 Å². The highest BCUT2D eigenvalue weighted by atomic mass is 32.1. The van der Waals surface area contributed by atoms with Gasteiger partial charge >= 0.3 is 0 Å². The number of hydrogen-bond acceptors (Lipinski definition) is 3. The van der Waals surface area contributed by atoms with Gasteiger partial charge in [-0.1, -0.05) is 19.9 Å². The average molecular weight is 238 g/mol. The Morgan fingerprint density at radius 3 is 2.81 bits per heavy atom. The predicted octanol–water partition coefficient (Wildman–Crippen LogP) is 1.69. The van der Waals surface area contributed by atoms with Crippen molar-refractivity contribution in [3.8, 4) is 0 Å². The zero-order valence-corrected chi connectivity index (χ0v) is 10.6. The second-order valence-electron chi connectivity index (χ2n) is 4.05. The molecule has 0 spiro atoms. The lowest BCUT2D eigenvalue weighted by Gasteiger charge is -2.14. The molecule has 1 atom stereocenters. The van der Waals surface area contributed by atoms with Crippen LogP contribution in [-0.4, -0.2) is 22.7 Å². The maximum atomic E-state index is 11.6.